The third-order valence-electron chi connectivity index (χ3n) is 6.19. The monoisotopic (exact) mass is 676 g/mol. The van der Waals surface area contributed by atoms with Crippen molar-refractivity contribution in [3.8, 4) is 0 Å². The fourth-order valence-electron chi connectivity index (χ4n) is 3.79. The molecule has 2 amide bonds. The highest BCUT2D eigenvalue weighted by atomic mass is 31.2. The van der Waals surface area contributed by atoms with Crippen LogP contribution in [0.25, 0.3) is 0 Å². The van der Waals surface area contributed by atoms with Crippen molar-refractivity contribution in [1.29, 1.82) is 0 Å². The van der Waals surface area contributed by atoms with Gasteiger partial charge in [0.05, 0.1) is 26.1 Å². The number of hydrogen-bond donors (Lipinski definition) is 5. The zero-order valence-corrected chi connectivity index (χ0v) is 28.6. The second kappa shape index (κ2) is 29.8. The third kappa shape index (κ3) is 28.8. The first-order chi connectivity index (χ1) is 22.1. The molecule has 0 saturated carbocycles. The van der Waals surface area contributed by atoms with Crippen molar-refractivity contribution in [2.24, 2.45) is 5.73 Å². The SMILES string of the molecule is CC/C=C\CC(=O)OCC(COP(=O)(O)OCCNC(=O)CC(=O)NCCCNCCCCCCCCN)OC(=O)C/C=C\CC. The molecule has 0 aromatic rings. The summed E-state index contributed by atoms with van der Waals surface area (Å²) in [6.45, 7) is 5.22. The van der Waals surface area contributed by atoms with Crippen molar-refractivity contribution in [3.63, 3.8) is 0 Å². The minimum atomic E-state index is -4.61. The van der Waals surface area contributed by atoms with Crippen molar-refractivity contribution >= 4 is 31.6 Å². The number of hydrogen-bond acceptors (Lipinski definition) is 11. The van der Waals surface area contributed by atoms with E-state index in [1.807, 2.05) is 13.8 Å². The Hall–Kier alpha value is -2.61. The second-order valence-electron chi connectivity index (χ2n) is 10.5. The number of allylic oxidation sites excluding steroid dienone is 2. The maximum absolute atomic E-state index is 12.3. The van der Waals surface area contributed by atoms with Crippen molar-refractivity contribution < 1.29 is 47.2 Å². The Kier molecular flexibility index (Phi) is 28.1. The summed E-state index contributed by atoms with van der Waals surface area (Å²) in [4.78, 5) is 58.0. The fourth-order valence-corrected chi connectivity index (χ4v) is 4.54. The second-order valence-corrected chi connectivity index (χ2v) is 11.9. The Morgan fingerprint density at radius 1 is 0.739 bits per heavy atom. The molecule has 0 radical (unpaired) electrons. The normalized spacial score (nSPS) is 13.4. The highest BCUT2D eigenvalue weighted by Crippen LogP contribution is 2.43. The lowest BCUT2D eigenvalue weighted by atomic mass is 10.1. The number of phosphoric acid groups is 1. The van der Waals surface area contributed by atoms with Crippen LogP contribution in [-0.4, -0.2) is 87.3 Å². The van der Waals surface area contributed by atoms with E-state index in [0.29, 0.717) is 6.54 Å². The number of unbranched alkanes of at least 4 members (excludes halogenated alkanes) is 5. The Labute approximate surface area is 274 Å². The number of amides is 2. The molecule has 0 aliphatic rings. The number of ether oxygens (including phenoxy) is 2. The third-order valence-corrected chi connectivity index (χ3v) is 7.17. The topological polar surface area (TPSA) is 205 Å². The highest BCUT2D eigenvalue weighted by Gasteiger charge is 2.26. The molecule has 0 bridgehead atoms. The fraction of sp³-hybridized carbons (Fsp3) is 0.742. The van der Waals surface area contributed by atoms with Crippen LogP contribution in [-0.2, 0) is 42.3 Å². The van der Waals surface area contributed by atoms with Crippen LogP contribution >= 0.6 is 7.82 Å². The Balaban J connectivity index is 4.25. The minimum absolute atomic E-state index is 0.0259. The van der Waals surface area contributed by atoms with E-state index < -0.39 is 50.7 Å². The van der Waals surface area contributed by atoms with Crippen LogP contribution in [0, 0.1) is 0 Å². The largest absolute Gasteiger partial charge is 0.472 e. The number of nitrogens with one attached hydrogen (secondary N) is 3. The summed E-state index contributed by atoms with van der Waals surface area (Å²) in [5, 5.41) is 8.45. The van der Waals surface area contributed by atoms with Gasteiger partial charge in [-0.2, -0.15) is 0 Å². The van der Waals surface area contributed by atoms with Gasteiger partial charge >= 0.3 is 19.8 Å². The average Bonchev–Trinajstić information content (AvgIpc) is 3.01. The standard InChI is InChI=1S/C31H57N4O10P/c1-3-5-11-16-30(38)42-25-27(45-31(39)17-12-6-4-2)26-44-46(40,41)43-23-22-35-29(37)24-28(36)34-21-15-20-33-19-14-10-8-7-9-13-18-32/h5-6,11-12,27,33H,3-4,7-10,13-26,32H2,1-2H3,(H,34,36)(H,35,37)(H,40,41)/b11-5-,12-6-. The molecule has 0 aromatic heterocycles. The molecule has 266 valence electrons. The molecule has 0 fully saturated rings. The first-order valence-corrected chi connectivity index (χ1v) is 17.8. The predicted octanol–water partition coefficient (Wildman–Crippen LogP) is 3.19. The van der Waals surface area contributed by atoms with E-state index in [1.165, 1.54) is 25.7 Å². The first kappa shape index (κ1) is 43.4. The van der Waals surface area contributed by atoms with Gasteiger partial charge in [-0.15, -0.1) is 0 Å². The highest BCUT2D eigenvalue weighted by molar-refractivity contribution is 7.47. The van der Waals surface area contributed by atoms with E-state index in [1.54, 1.807) is 24.3 Å². The van der Waals surface area contributed by atoms with Gasteiger partial charge in [0.25, 0.3) is 0 Å². The summed E-state index contributed by atoms with van der Waals surface area (Å²) in [7, 11) is -4.61. The summed E-state index contributed by atoms with van der Waals surface area (Å²) in [5.41, 5.74) is 5.49. The van der Waals surface area contributed by atoms with Crippen LogP contribution < -0.4 is 21.7 Å². The number of rotatable bonds is 30. The Bertz CT molecular complexity index is 948. The van der Waals surface area contributed by atoms with E-state index in [2.05, 4.69) is 16.0 Å². The summed E-state index contributed by atoms with van der Waals surface area (Å²) in [5.74, 6) is -2.19. The molecule has 2 atom stereocenters. The van der Waals surface area contributed by atoms with Crippen LogP contribution in [0.4, 0.5) is 0 Å². The number of carbonyl (C=O) groups excluding carboxylic acids is 4. The lowest BCUT2D eigenvalue weighted by molar-refractivity contribution is -0.160. The molecule has 6 N–H and O–H groups in total. The average molecular weight is 677 g/mol. The van der Waals surface area contributed by atoms with Crippen molar-refractivity contribution in [3.05, 3.63) is 24.3 Å². The molecule has 0 rings (SSSR count). The first-order valence-electron chi connectivity index (χ1n) is 16.3. The van der Waals surface area contributed by atoms with Gasteiger partial charge in [0, 0.05) is 13.1 Å². The van der Waals surface area contributed by atoms with Gasteiger partial charge in [0.2, 0.25) is 11.8 Å². The lowest BCUT2D eigenvalue weighted by Gasteiger charge is -2.19. The molecule has 14 nitrogen and oxygen atoms in total. The number of carbonyl (C=O) groups is 4. The Morgan fingerprint density at radius 3 is 1.98 bits per heavy atom. The molecule has 0 saturated heterocycles. The summed E-state index contributed by atoms with van der Waals surface area (Å²) >= 11 is 0. The van der Waals surface area contributed by atoms with E-state index in [-0.39, 0.29) is 32.6 Å². The smallest absolute Gasteiger partial charge is 0.461 e. The van der Waals surface area contributed by atoms with Crippen molar-refractivity contribution in [1.82, 2.24) is 16.0 Å². The van der Waals surface area contributed by atoms with Gasteiger partial charge in [-0.3, -0.25) is 28.2 Å². The number of phosphoric ester groups is 1. The molecule has 0 heterocycles. The number of nitrogens with two attached hydrogens (primary N) is 1. The van der Waals surface area contributed by atoms with E-state index in [4.69, 9.17) is 24.3 Å². The zero-order valence-electron chi connectivity index (χ0n) is 27.7. The minimum Gasteiger partial charge on any atom is -0.461 e. The predicted molar refractivity (Wildman–Crippen MR) is 176 cm³/mol. The van der Waals surface area contributed by atoms with Gasteiger partial charge < -0.3 is 36.1 Å². The molecule has 2 unspecified atom stereocenters. The van der Waals surface area contributed by atoms with E-state index in [9.17, 15) is 28.6 Å². The van der Waals surface area contributed by atoms with Crippen molar-refractivity contribution in [2.45, 2.75) is 97.0 Å². The quantitative estimate of drug-likeness (QED) is 0.0245. The van der Waals surface area contributed by atoms with Crippen LogP contribution in [0.15, 0.2) is 24.3 Å². The maximum Gasteiger partial charge on any atom is 0.472 e. The lowest BCUT2D eigenvalue weighted by Crippen LogP contribution is -2.34. The molecule has 46 heavy (non-hydrogen) atoms. The number of esters is 2. The molecule has 0 aliphatic carbocycles. The van der Waals surface area contributed by atoms with Crippen LogP contribution in [0.1, 0.15) is 90.9 Å². The van der Waals surface area contributed by atoms with E-state index in [0.717, 1.165) is 51.7 Å². The van der Waals surface area contributed by atoms with Crippen LogP contribution in [0.5, 0.6) is 0 Å². The van der Waals surface area contributed by atoms with Crippen LogP contribution in [0.3, 0.4) is 0 Å². The molecular formula is C31H57N4O10P. The van der Waals surface area contributed by atoms with Gasteiger partial charge in [-0.25, -0.2) is 4.57 Å². The zero-order chi connectivity index (χ0) is 34.3. The van der Waals surface area contributed by atoms with Gasteiger partial charge in [0.1, 0.15) is 13.0 Å². The van der Waals surface area contributed by atoms with Gasteiger partial charge in [-0.1, -0.05) is 63.8 Å². The van der Waals surface area contributed by atoms with Gasteiger partial charge in [-0.05, 0) is 51.7 Å². The summed E-state index contributed by atoms with van der Waals surface area (Å²) in [6.07, 6.45) is 14.5. The maximum atomic E-state index is 12.3. The molecule has 15 heteroatoms. The molecule has 0 aromatic carbocycles. The van der Waals surface area contributed by atoms with Gasteiger partial charge in [0.15, 0.2) is 6.10 Å². The molecule has 0 spiro atoms. The molecular weight excluding hydrogens is 619 g/mol. The van der Waals surface area contributed by atoms with Crippen LogP contribution in [0.2, 0.25) is 0 Å². The van der Waals surface area contributed by atoms with E-state index >= 15 is 0 Å². The van der Waals surface area contributed by atoms with Crippen molar-refractivity contribution in [2.75, 3.05) is 52.5 Å². The summed E-state index contributed by atoms with van der Waals surface area (Å²) in [6, 6.07) is 0. The summed E-state index contributed by atoms with van der Waals surface area (Å²) < 4.78 is 32.4. The molecule has 0 aliphatic heterocycles. The Morgan fingerprint density at radius 2 is 1.33 bits per heavy atom.